The number of aromatic nitrogens is 3. The molecule has 2 unspecified atom stereocenters. The highest BCUT2D eigenvalue weighted by Crippen LogP contribution is 2.20. The van der Waals surface area contributed by atoms with Crippen molar-refractivity contribution in [3.8, 4) is 6.01 Å². The monoisotopic (exact) mass is 299 g/mol. The Morgan fingerprint density at radius 3 is 2.75 bits per heavy atom. The van der Waals surface area contributed by atoms with Gasteiger partial charge in [0.25, 0.3) is 0 Å². The Morgan fingerprint density at radius 1 is 1.35 bits per heavy atom. The van der Waals surface area contributed by atoms with Crippen molar-refractivity contribution >= 4 is 17.5 Å². The maximum absolute atomic E-state index is 5.91. The van der Waals surface area contributed by atoms with Crippen LogP contribution in [0.15, 0.2) is 0 Å². The van der Waals surface area contributed by atoms with Gasteiger partial charge in [-0.25, -0.2) is 0 Å². The van der Waals surface area contributed by atoms with Crippen LogP contribution in [0.2, 0.25) is 5.28 Å². The molecule has 2 rings (SSSR count). The first kappa shape index (κ1) is 15.3. The molecule has 1 saturated heterocycles. The third kappa shape index (κ3) is 4.18. The minimum atomic E-state index is 0.00432. The zero-order valence-electron chi connectivity index (χ0n) is 12.4. The highest BCUT2D eigenvalue weighted by molar-refractivity contribution is 6.28. The summed E-state index contributed by atoms with van der Waals surface area (Å²) in [6.07, 6.45) is 2.12. The predicted octanol–water partition coefficient (Wildman–Crippen LogP) is 2.21. The number of ether oxygens (including phenoxy) is 1. The summed E-state index contributed by atoms with van der Waals surface area (Å²) in [5.41, 5.74) is 0. The first-order valence-corrected chi connectivity index (χ1v) is 7.37. The average molecular weight is 300 g/mol. The molecule has 0 bridgehead atoms. The van der Waals surface area contributed by atoms with Gasteiger partial charge < -0.3 is 15.0 Å². The van der Waals surface area contributed by atoms with Crippen LogP contribution < -0.4 is 10.1 Å². The minimum Gasteiger partial charge on any atom is -0.461 e. The zero-order chi connectivity index (χ0) is 14.7. The van der Waals surface area contributed by atoms with Crippen LogP contribution in [0.1, 0.15) is 33.6 Å². The molecule has 1 aliphatic heterocycles. The van der Waals surface area contributed by atoms with Gasteiger partial charge in [-0.1, -0.05) is 0 Å². The van der Waals surface area contributed by atoms with Gasteiger partial charge in [0, 0.05) is 18.6 Å². The highest BCUT2D eigenvalue weighted by Gasteiger charge is 2.23. The number of hydrogen-bond acceptors (Lipinski definition) is 6. The summed E-state index contributed by atoms with van der Waals surface area (Å²) < 4.78 is 5.47. The summed E-state index contributed by atoms with van der Waals surface area (Å²) in [5, 5.41) is 3.48. The number of anilines is 1. The lowest BCUT2D eigenvalue weighted by Gasteiger charge is -2.35. The third-order valence-electron chi connectivity index (χ3n) is 3.47. The highest BCUT2D eigenvalue weighted by atomic mass is 35.5. The molecule has 112 valence electrons. The van der Waals surface area contributed by atoms with Gasteiger partial charge in [-0.15, -0.1) is 0 Å². The van der Waals surface area contributed by atoms with Crippen LogP contribution in [0.4, 0.5) is 5.95 Å². The first-order valence-electron chi connectivity index (χ1n) is 6.99. The fraction of sp³-hybridized carbons (Fsp3) is 0.769. The van der Waals surface area contributed by atoms with Gasteiger partial charge in [-0.05, 0) is 52.3 Å². The zero-order valence-corrected chi connectivity index (χ0v) is 13.2. The summed E-state index contributed by atoms with van der Waals surface area (Å²) in [7, 11) is 2.15. The molecule has 1 aromatic rings. The van der Waals surface area contributed by atoms with E-state index in [2.05, 4.69) is 39.1 Å². The molecule has 0 spiro atoms. The van der Waals surface area contributed by atoms with Crippen LogP contribution in [-0.2, 0) is 0 Å². The van der Waals surface area contributed by atoms with E-state index in [1.165, 1.54) is 0 Å². The molecule has 0 amide bonds. The number of nitrogens with zero attached hydrogens (tertiary/aromatic N) is 4. The first-order chi connectivity index (χ1) is 9.44. The van der Waals surface area contributed by atoms with Crippen LogP contribution in [0.5, 0.6) is 6.01 Å². The van der Waals surface area contributed by atoms with Gasteiger partial charge in [0.2, 0.25) is 11.2 Å². The van der Waals surface area contributed by atoms with E-state index >= 15 is 0 Å². The molecule has 20 heavy (non-hydrogen) atoms. The Bertz CT molecular complexity index is 456. The Hall–Kier alpha value is -1.14. The van der Waals surface area contributed by atoms with E-state index < -0.39 is 0 Å². The van der Waals surface area contributed by atoms with E-state index in [4.69, 9.17) is 16.3 Å². The summed E-state index contributed by atoms with van der Waals surface area (Å²) in [6, 6.07) is 1.17. The number of halogens is 1. The Balaban J connectivity index is 2.03. The third-order valence-corrected chi connectivity index (χ3v) is 3.64. The van der Waals surface area contributed by atoms with Gasteiger partial charge in [-0.3, -0.25) is 0 Å². The predicted molar refractivity (Wildman–Crippen MR) is 79.3 cm³/mol. The molecular formula is C13H22ClN5O. The Morgan fingerprint density at radius 2 is 2.10 bits per heavy atom. The van der Waals surface area contributed by atoms with E-state index in [1.807, 2.05) is 13.8 Å². The second-order valence-corrected chi connectivity index (χ2v) is 5.91. The molecule has 0 radical (unpaired) electrons. The largest absolute Gasteiger partial charge is 0.461 e. The summed E-state index contributed by atoms with van der Waals surface area (Å²) in [6.45, 7) is 7.13. The van der Waals surface area contributed by atoms with Crippen molar-refractivity contribution in [1.29, 1.82) is 0 Å². The quantitative estimate of drug-likeness (QED) is 0.919. The normalized spacial score (nSPS) is 23.9. The molecule has 2 atom stereocenters. The van der Waals surface area contributed by atoms with E-state index in [0.29, 0.717) is 18.0 Å². The molecule has 0 saturated carbocycles. The van der Waals surface area contributed by atoms with Gasteiger partial charge in [0.15, 0.2) is 0 Å². The van der Waals surface area contributed by atoms with Crippen molar-refractivity contribution in [1.82, 2.24) is 19.9 Å². The molecule has 7 heteroatoms. The molecule has 6 nitrogen and oxygen atoms in total. The van der Waals surface area contributed by atoms with Crippen molar-refractivity contribution in [3.05, 3.63) is 5.28 Å². The van der Waals surface area contributed by atoms with E-state index in [-0.39, 0.29) is 17.4 Å². The molecule has 1 N–H and O–H groups in total. The molecule has 1 aliphatic rings. The molecule has 1 aromatic heterocycles. The van der Waals surface area contributed by atoms with Crippen molar-refractivity contribution in [2.75, 3.05) is 18.9 Å². The maximum Gasteiger partial charge on any atom is 0.322 e. The van der Waals surface area contributed by atoms with E-state index in [9.17, 15) is 0 Å². The Kier molecular flexibility index (Phi) is 4.99. The average Bonchev–Trinajstić information content (AvgIpc) is 2.32. The van der Waals surface area contributed by atoms with Crippen molar-refractivity contribution in [3.63, 3.8) is 0 Å². The number of likely N-dealkylation sites (tertiary alicyclic amines) is 1. The number of piperidine rings is 1. The van der Waals surface area contributed by atoms with Gasteiger partial charge in [0.1, 0.15) is 0 Å². The van der Waals surface area contributed by atoms with Crippen LogP contribution >= 0.6 is 11.6 Å². The van der Waals surface area contributed by atoms with Gasteiger partial charge in [0.05, 0.1) is 6.10 Å². The Labute approximate surface area is 124 Å². The fourth-order valence-electron chi connectivity index (χ4n) is 2.26. The summed E-state index contributed by atoms with van der Waals surface area (Å²) in [5.74, 6) is 0.488. The van der Waals surface area contributed by atoms with Crippen molar-refractivity contribution in [2.24, 2.45) is 0 Å². The maximum atomic E-state index is 5.91. The van der Waals surface area contributed by atoms with Crippen molar-refractivity contribution in [2.45, 2.75) is 51.8 Å². The molecule has 0 aliphatic carbocycles. The second kappa shape index (κ2) is 6.54. The second-order valence-electron chi connectivity index (χ2n) is 5.57. The van der Waals surface area contributed by atoms with Gasteiger partial charge in [-0.2, -0.15) is 15.0 Å². The molecule has 1 fully saturated rings. The van der Waals surface area contributed by atoms with Crippen LogP contribution in [0.25, 0.3) is 0 Å². The minimum absolute atomic E-state index is 0.00432. The number of nitrogens with one attached hydrogen (secondary N) is 1. The van der Waals surface area contributed by atoms with Crippen LogP contribution in [-0.4, -0.2) is 51.6 Å². The topological polar surface area (TPSA) is 63.2 Å². The summed E-state index contributed by atoms with van der Waals surface area (Å²) in [4.78, 5) is 14.7. The molecular weight excluding hydrogens is 278 g/mol. The number of rotatable bonds is 4. The fourth-order valence-corrected chi connectivity index (χ4v) is 2.42. The molecule has 2 heterocycles. The van der Waals surface area contributed by atoms with Gasteiger partial charge >= 0.3 is 6.01 Å². The van der Waals surface area contributed by atoms with E-state index in [1.54, 1.807) is 0 Å². The lowest BCUT2D eigenvalue weighted by Crippen LogP contribution is -2.42. The van der Waals surface area contributed by atoms with E-state index in [0.717, 1.165) is 19.4 Å². The smallest absolute Gasteiger partial charge is 0.322 e. The lowest BCUT2D eigenvalue weighted by atomic mass is 9.99. The standard InChI is InChI=1S/C13H22ClN5O/c1-8(2)20-13-17-11(14)16-12(18-13)15-10-5-6-19(4)9(3)7-10/h8-10H,5-7H2,1-4H3,(H,15,16,17,18). The SMILES string of the molecule is CC(C)Oc1nc(Cl)nc(NC2CCN(C)C(C)C2)n1. The number of hydrogen-bond donors (Lipinski definition) is 1. The van der Waals surface area contributed by atoms with Crippen LogP contribution in [0.3, 0.4) is 0 Å². The summed E-state index contributed by atoms with van der Waals surface area (Å²) >= 11 is 5.91. The molecule has 0 aromatic carbocycles. The lowest BCUT2D eigenvalue weighted by molar-refractivity contribution is 0.189. The van der Waals surface area contributed by atoms with Crippen LogP contribution in [0, 0.1) is 0 Å². The van der Waals surface area contributed by atoms with Crippen molar-refractivity contribution < 1.29 is 4.74 Å².